The molecule has 158 valence electrons. The van der Waals surface area contributed by atoms with Gasteiger partial charge in [-0.1, -0.05) is 20.8 Å². The van der Waals surface area contributed by atoms with Gasteiger partial charge in [0.2, 0.25) is 0 Å². The van der Waals surface area contributed by atoms with E-state index < -0.39 is 44.0 Å². The molecule has 27 heavy (non-hydrogen) atoms. The van der Waals surface area contributed by atoms with Crippen LogP contribution >= 0.6 is 12.6 Å². The quantitative estimate of drug-likeness (QED) is 0.426. The smallest absolute Gasteiger partial charge is 0.417 e. The Morgan fingerprint density at radius 2 is 1.63 bits per heavy atom. The molecule has 2 amide bonds. The molecule has 0 aliphatic carbocycles. The van der Waals surface area contributed by atoms with Crippen LogP contribution in [-0.4, -0.2) is 66.3 Å². The maximum atomic E-state index is 12.6. The highest BCUT2D eigenvalue weighted by molar-refractivity contribution is 7.80. The molecule has 8 nitrogen and oxygen atoms in total. The number of carbonyl (C=O) groups is 3. The SMILES string of the molecule is CC(C)(C)OC(=O)N(C(=O)[C@@H](N)CS)[C@@H](CO[Si](C)(C)C(C)(C)C)C(=O)O. The number of rotatable bonds is 7. The first kappa shape index (κ1) is 25.9. The van der Waals surface area contributed by atoms with Crippen LogP contribution in [0.4, 0.5) is 4.79 Å². The van der Waals surface area contributed by atoms with Crippen LogP contribution in [-0.2, 0) is 18.8 Å². The molecule has 2 atom stereocenters. The van der Waals surface area contributed by atoms with Gasteiger partial charge in [0, 0.05) is 5.75 Å². The molecule has 0 aromatic carbocycles. The molecule has 0 saturated heterocycles. The first-order valence-corrected chi connectivity index (χ1v) is 12.3. The Morgan fingerprint density at radius 3 is 1.96 bits per heavy atom. The van der Waals surface area contributed by atoms with Crippen molar-refractivity contribution in [3.05, 3.63) is 0 Å². The van der Waals surface area contributed by atoms with Crippen LogP contribution in [0.3, 0.4) is 0 Å². The van der Waals surface area contributed by atoms with E-state index in [1.54, 1.807) is 20.8 Å². The van der Waals surface area contributed by atoms with E-state index in [4.69, 9.17) is 14.9 Å². The Balaban J connectivity index is 5.80. The van der Waals surface area contributed by atoms with Crippen molar-refractivity contribution in [2.24, 2.45) is 5.73 Å². The minimum absolute atomic E-state index is 0.0481. The molecule has 0 bridgehead atoms. The maximum absolute atomic E-state index is 12.6. The third kappa shape index (κ3) is 7.80. The molecule has 0 aliphatic heterocycles. The van der Waals surface area contributed by atoms with Crippen molar-refractivity contribution in [2.45, 2.75) is 77.4 Å². The van der Waals surface area contributed by atoms with E-state index in [1.807, 2.05) is 33.9 Å². The van der Waals surface area contributed by atoms with Crippen molar-refractivity contribution in [3.8, 4) is 0 Å². The first-order valence-electron chi connectivity index (χ1n) is 8.74. The molecular formula is C17H34N2O6SSi. The van der Waals surface area contributed by atoms with E-state index >= 15 is 0 Å². The lowest BCUT2D eigenvalue weighted by atomic mass is 10.2. The molecule has 0 saturated carbocycles. The number of amides is 2. The number of carboxylic acids is 1. The van der Waals surface area contributed by atoms with Gasteiger partial charge in [-0.25, -0.2) is 14.5 Å². The van der Waals surface area contributed by atoms with Gasteiger partial charge in [-0.3, -0.25) is 4.79 Å². The average Bonchev–Trinajstić information content (AvgIpc) is 2.46. The molecule has 10 heteroatoms. The van der Waals surface area contributed by atoms with Crippen molar-refractivity contribution in [1.29, 1.82) is 0 Å². The summed E-state index contributed by atoms with van der Waals surface area (Å²) < 4.78 is 11.2. The fraction of sp³-hybridized carbons (Fsp3) is 0.824. The van der Waals surface area contributed by atoms with Crippen molar-refractivity contribution >= 4 is 38.9 Å². The first-order chi connectivity index (χ1) is 11.9. The second kappa shape index (κ2) is 9.40. The second-order valence-corrected chi connectivity index (χ2v) is 14.1. The van der Waals surface area contributed by atoms with Crippen LogP contribution in [0.25, 0.3) is 0 Å². The van der Waals surface area contributed by atoms with Crippen LogP contribution in [0, 0.1) is 0 Å². The largest absolute Gasteiger partial charge is 0.480 e. The monoisotopic (exact) mass is 422 g/mol. The van der Waals surface area contributed by atoms with Gasteiger partial charge in [0.15, 0.2) is 14.4 Å². The molecule has 0 heterocycles. The standard InChI is InChI=1S/C17H34N2O6SSi/c1-16(2,3)25-15(23)19(13(20)11(18)10-26)12(14(21)22)9-24-27(7,8)17(4,5)6/h11-12,26H,9-10,18H2,1-8H3,(H,21,22)/t11-,12-/m0/s1. The number of imide groups is 1. The zero-order valence-electron chi connectivity index (χ0n) is 17.5. The number of hydrogen-bond acceptors (Lipinski definition) is 7. The molecule has 0 aromatic heterocycles. The second-order valence-electron chi connectivity index (χ2n) is 8.90. The van der Waals surface area contributed by atoms with E-state index in [0.29, 0.717) is 4.90 Å². The molecule has 0 aromatic rings. The predicted octanol–water partition coefficient (Wildman–Crippen LogP) is 2.48. The summed E-state index contributed by atoms with van der Waals surface area (Å²) >= 11 is 3.96. The van der Waals surface area contributed by atoms with Gasteiger partial charge < -0.3 is 20.0 Å². The Bertz CT molecular complexity index is 557. The highest BCUT2D eigenvalue weighted by atomic mass is 32.1. The lowest BCUT2D eigenvalue weighted by molar-refractivity contribution is -0.151. The summed E-state index contributed by atoms with van der Waals surface area (Å²) in [6.45, 7) is 14.4. The normalized spacial score (nSPS) is 15.0. The van der Waals surface area contributed by atoms with Gasteiger partial charge in [0.1, 0.15) is 5.60 Å². The Kier molecular flexibility index (Phi) is 9.01. The van der Waals surface area contributed by atoms with Crippen molar-refractivity contribution in [3.63, 3.8) is 0 Å². The zero-order chi connectivity index (χ0) is 21.8. The van der Waals surface area contributed by atoms with E-state index in [2.05, 4.69) is 12.6 Å². The molecule has 3 N–H and O–H groups in total. The molecule has 0 aliphatic rings. The Hall–Kier alpha value is -1.10. The van der Waals surface area contributed by atoms with Crippen LogP contribution in [0.2, 0.25) is 18.1 Å². The number of thiol groups is 1. The van der Waals surface area contributed by atoms with Gasteiger partial charge in [0.25, 0.3) is 5.91 Å². The number of carboxylic acid groups (broad SMARTS) is 1. The summed E-state index contributed by atoms with van der Waals surface area (Å²) in [7, 11) is -2.31. The minimum atomic E-state index is -2.31. The molecule has 0 radical (unpaired) electrons. The number of carbonyl (C=O) groups excluding carboxylic acids is 2. The van der Waals surface area contributed by atoms with E-state index in [0.717, 1.165) is 0 Å². The number of nitrogens with zero attached hydrogens (tertiary/aromatic N) is 1. The number of hydrogen-bond donors (Lipinski definition) is 3. The summed E-state index contributed by atoms with van der Waals surface area (Å²) in [5.74, 6) is -2.29. The number of ether oxygens (including phenoxy) is 1. The van der Waals surface area contributed by atoms with Crippen LogP contribution in [0.15, 0.2) is 0 Å². The summed E-state index contributed by atoms with van der Waals surface area (Å²) in [6.07, 6.45) is -1.07. The molecular weight excluding hydrogens is 388 g/mol. The molecule has 0 spiro atoms. The Morgan fingerprint density at radius 1 is 1.15 bits per heavy atom. The lowest BCUT2D eigenvalue weighted by Crippen LogP contribution is -2.58. The van der Waals surface area contributed by atoms with Crippen molar-refractivity contribution < 1.29 is 28.7 Å². The lowest BCUT2D eigenvalue weighted by Gasteiger charge is -2.38. The maximum Gasteiger partial charge on any atom is 0.417 e. The Labute approximate surface area is 168 Å². The third-order valence-corrected chi connectivity index (χ3v) is 9.24. The van der Waals surface area contributed by atoms with Gasteiger partial charge in [-0.15, -0.1) is 0 Å². The summed E-state index contributed by atoms with van der Waals surface area (Å²) in [5, 5.41) is 9.50. The van der Waals surface area contributed by atoms with Crippen LogP contribution in [0.5, 0.6) is 0 Å². The van der Waals surface area contributed by atoms with Crippen molar-refractivity contribution in [1.82, 2.24) is 4.90 Å². The minimum Gasteiger partial charge on any atom is -0.480 e. The van der Waals surface area contributed by atoms with Crippen molar-refractivity contribution in [2.75, 3.05) is 12.4 Å². The number of nitrogens with two attached hydrogens (primary N) is 1. The average molecular weight is 423 g/mol. The summed E-state index contributed by atoms with van der Waals surface area (Å²) in [5.41, 5.74) is 4.79. The summed E-state index contributed by atoms with van der Waals surface area (Å²) in [4.78, 5) is 37.6. The zero-order valence-corrected chi connectivity index (χ0v) is 19.4. The van der Waals surface area contributed by atoms with Gasteiger partial charge in [-0.05, 0) is 38.9 Å². The predicted molar refractivity (Wildman–Crippen MR) is 109 cm³/mol. The highest BCUT2D eigenvalue weighted by Gasteiger charge is 2.43. The van der Waals surface area contributed by atoms with Gasteiger partial charge in [-0.2, -0.15) is 12.6 Å². The van der Waals surface area contributed by atoms with E-state index in [1.165, 1.54) is 0 Å². The van der Waals surface area contributed by atoms with Gasteiger partial charge in [0.05, 0.1) is 12.6 Å². The van der Waals surface area contributed by atoms with E-state index in [9.17, 15) is 19.5 Å². The summed E-state index contributed by atoms with van der Waals surface area (Å²) in [6, 6.07) is -2.69. The topological polar surface area (TPSA) is 119 Å². The van der Waals surface area contributed by atoms with E-state index in [-0.39, 0.29) is 17.4 Å². The van der Waals surface area contributed by atoms with Gasteiger partial charge >= 0.3 is 12.1 Å². The van der Waals surface area contributed by atoms with Crippen LogP contribution < -0.4 is 5.73 Å². The number of aliphatic carboxylic acids is 1. The van der Waals surface area contributed by atoms with Crippen LogP contribution in [0.1, 0.15) is 41.5 Å². The fourth-order valence-electron chi connectivity index (χ4n) is 1.70. The fourth-order valence-corrected chi connectivity index (χ4v) is 2.86. The molecule has 0 unspecified atom stereocenters. The molecule has 0 rings (SSSR count). The molecule has 0 fully saturated rings. The third-order valence-electron chi connectivity index (χ3n) is 4.35. The highest BCUT2D eigenvalue weighted by Crippen LogP contribution is 2.36.